The SMILES string of the molecule is CC(=O)c1cccc(CC2COCC(=O)N2)c1. The van der Waals surface area contributed by atoms with Crippen LogP contribution in [0.4, 0.5) is 0 Å². The van der Waals surface area contributed by atoms with Crippen LogP contribution in [0.15, 0.2) is 24.3 Å². The first-order valence-corrected chi connectivity index (χ1v) is 5.62. The molecule has 1 saturated heterocycles. The second kappa shape index (κ2) is 5.10. The minimum absolute atomic E-state index is 0.00143. The summed E-state index contributed by atoms with van der Waals surface area (Å²) in [7, 11) is 0. The molecule has 1 N–H and O–H groups in total. The molecule has 1 aliphatic rings. The van der Waals surface area contributed by atoms with Gasteiger partial charge in [0.15, 0.2) is 5.78 Å². The first kappa shape index (κ1) is 11.8. The second-order valence-corrected chi connectivity index (χ2v) is 4.24. The molecule has 2 rings (SSSR count). The molecule has 90 valence electrons. The Hall–Kier alpha value is -1.68. The van der Waals surface area contributed by atoms with Gasteiger partial charge in [-0.1, -0.05) is 18.2 Å². The van der Waals surface area contributed by atoms with E-state index in [1.165, 1.54) is 0 Å². The summed E-state index contributed by atoms with van der Waals surface area (Å²) in [5, 5.41) is 2.86. The van der Waals surface area contributed by atoms with Crippen molar-refractivity contribution in [3.8, 4) is 0 Å². The van der Waals surface area contributed by atoms with Crippen molar-refractivity contribution < 1.29 is 14.3 Å². The molecule has 1 atom stereocenters. The number of carbonyl (C=O) groups is 2. The topological polar surface area (TPSA) is 55.4 Å². The Bertz CT molecular complexity index is 442. The van der Waals surface area contributed by atoms with Gasteiger partial charge in [0, 0.05) is 5.56 Å². The summed E-state index contributed by atoms with van der Waals surface area (Å²) >= 11 is 0. The molecular weight excluding hydrogens is 218 g/mol. The quantitative estimate of drug-likeness (QED) is 0.791. The first-order chi connectivity index (χ1) is 8.15. The highest BCUT2D eigenvalue weighted by molar-refractivity contribution is 5.94. The van der Waals surface area contributed by atoms with Gasteiger partial charge in [-0.15, -0.1) is 0 Å². The van der Waals surface area contributed by atoms with Gasteiger partial charge in [0.25, 0.3) is 0 Å². The summed E-state index contributed by atoms with van der Waals surface area (Å²) in [6.45, 7) is 2.21. The fraction of sp³-hybridized carbons (Fsp3) is 0.385. The van der Waals surface area contributed by atoms with Gasteiger partial charge in [-0.05, 0) is 25.0 Å². The van der Waals surface area contributed by atoms with Crippen molar-refractivity contribution in [2.45, 2.75) is 19.4 Å². The zero-order valence-corrected chi connectivity index (χ0v) is 9.73. The highest BCUT2D eigenvalue weighted by Crippen LogP contribution is 2.10. The Morgan fingerprint density at radius 2 is 2.35 bits per heavy atom. The molecule has 1 aromatic carbocycles. The Morgan fingerprint density at radius 3 is 3.06 bits per heavy atom. The maximum atomic E-state index is 11.2. The van der Waals surface area contributed by atoms with Crippen LogP contribution in [0.1, 0.15) is 22.8 Å². The average Bonchev–Trinajstić information content (AvgIpc) is 2.29. The number of hydrogen-bond donors (Lipinski definition) is 1. The standard InChI is InChI=1S/C13H15NO3/c1-9(15)11-4-2-3-10(5-11)6-12-7-17-8-13(16)14-12/h2-5,12H,6-8H2,1H3,(H,14,16). The number of Topliss-reactive ketones (excluding diaryl/α,β-unsaturated/α-hetero) is 1. The molecule has 0 bridgehead atoms. The van der Waals surface area contributed by atoms with E-state index in [0.29, 0.717) is 18.6 Å². The molecular formula is C13H15NO3. The largest absolute Gasteiger partial charge is 0.369 e. The number of morpholine rings is 1. The Kier molecular flexibility index (Phi) is 3.54. The number of ether oxygens (including phenoxy) is 1. The fourth-order valence-electron chi connectivity index (χ4n) is 1.92. The normalized spacial score (nSPS) is 19.8. The predicted molar refractivity (Wildman–Crippen MR) is 62.9 cm³/mol. The maximum absolute atomic E-state index is 11.2. The highest BCUT2D eigenvalue weighted by atomic mass is 16.5. The molecule has 17 heavy (non-hydrogen) atoms. The van der Waals surface area contributed by atoms with Crippen LogP contribution in [-0.4, -0.2) is 30.9 Å². The lowest BCUT2D eigenvalue weighted by molar-refractivity contribution is -0.131. The molecule has 1 fully saturated rings. The summed E-state index contributed by atoms with van der Waals surface area (Å²) in [6.07, 6.45) is 0.687. The van der Waals surface area contributed by atoms with Gasteiger partial charge in [0.1, 0.15) is 6.61 Å². The van der Waals surface area contributed by atoms with Crippen LogP contribution < -0.4 is 5.32 Å². The summed E-state index contributed by atoms with van der Waals surface area (Å²) in [4.78, 5) is 22.4. The molecule has 0 spiro atoms. The number of carbonyl (C=O) groups excluding carboxylic acids is 2. The van der Waals surface area contributed by atoms with E-state index in [9.17, 15) is 9.59 Å². The van der Waals surface area contributed by atoms with E-state index in [4.69, 9.17) is 4.74 Å². The van der Waals surface area contributed by atoms with Gasteiger partial charge in [-0.3, -0.25) is 9.59 Å². The van der Waals surface area contributed by atoms with Crippen LogP contribution >= 0.6 is 0 Å². The third-order valence-corrected chi connectivity index (χ3v) is 2.73. The monoisotopic (exact) mass is 233 g/mol. The molecule has 4 nitrogen and oxygen atoms in total. The van der Waals surface area contributed by atoms with Gasteiger partial charge in [0.05, 0.1) is 12.6 Å². The molecule has 0 aromatic heterocycles. The van der Waals surface area contributed by atoms with E-state index < -0.39 is 0 Å². The Labute approximate surface area is 100.0 Å². The molecule has 4 heteroatoms. The number of amides is 1. The lowest BCUT2D eigenvalue weighted by Crippen LogP contribution is -2.46. The molecule has 0 saturated carbocycles. The van der Waals surface area contributed by atoms with E-state index in [-0.39, 0.29) is 24.3 Å². The highest BCUT2D eigenvalue weighted by Gasteiger charge is 2.18. The van der Waals surface area contributed by atoms with Crippen LogP contribution in [-0.2, 0) is 16.0 Å². The maximum Gasteiger partial charge on any atom is 0.246 e. The van der Waals surface area contributed by atoms with Crippen molar-refractivity contribution in [2.75, 3.05) is 13.2 Å². The number of hydrogen-bond acceptors (Lipinski definition) is 3. The van der Waals surface area contributed by atoms with Crippen LogP contribution in [0.25, 0.3) is 0 Å². The van der Waals surface area contributed by atoms with Crippen molar-refractivity contribution >= 4 is 11.7 Å². The van der Waals surface area contributed by atoms with E-state index in [0.717, 1.165) is 5.56 Å². The zero-order valence-electron chi connectivity index (χ0n) is 9.73. The fourth-order valence-corrected chi connectivity index (χ4v) is 1.92. The molecule has 1 unspecified atom stereocenters. The molecule has 1 heterocycles. The first-order valence-electron chi connectivity index (χ1n) is 5.62. The van der Waals surface area contributed by atoms with E-state index >= 15 is 0 Å². The van der Waals surface area contributed by atoms with E-state index in [1.54, 1.807) is 13.0 Å². The van der Waals surface area contributed by atoms with Crippen LogP contribution in [0.3, 0.4) is 0 Å². The third-order valence-electron chi connectivity index (χ3n) is 2.73. The number of nitrogens with one attached hydrogen (secondary N) is 1. The summed E-state index contributed by atoms with van der Waals surface area (Å²) in [5.74, 6) is -0.0280. The van der Waals surface area contributed by atoms with Crippen molar-refractivity contribution in [3.05, 3.63) is 35.4 Å². The molecule has 1 aliphatic heterocycles. The van der Waals surface area contributed by atoms with Gasteiger partial charge in [-0.2, -0.15) is 0 Å². The van der Waals surface area contributed by atoms with Crippen LogP contribution in [0.2, 0.25) is 0 Å². The Morgan fingerprint density at radius 1 is 1.53 bits per heavy atom. The second-order valence-electron chi connectivity index (χ2n) is 4.24. The Balaban J connectivity index is 2.05. The van der Waals surface area contributed by atoms with Gasteiger partial charge < -0.3 is 10.1 Å². The third kappa shape index (κ3) is 3.14. The van der Waals surface area contributed by atoms with Crippen LogP contribution in [0.5, 0.6) is 0 Å². The van der Waals surface area contributed by atoms with Gasteiger partial charge in [0.2, 0.25) is 5.91 Å². The summed E-state index contributed by atoms with van der Waals surface area (Å²) in [6, 6.07) is 7.47. The lowest BCUT2D eigenvalue weighted by atomic mass is 10.0. The zero-order chi connectivity index (χ0) is 12.3. The minimum Gasteiger partial charge on any atom is -0.369 e. The lowest BCUT2D eigenvalue weighted by Gasteiger charge is -2.23. The minimum atomic E-state index is -0.0797. The number of ketones is 1. The average molecular weight is 233 g/mol. The number of benzene rings is 1. The molecule has 0 radical (unpaired) electrons. The van der Waals surface area contributed by atoms with Crippen LogP contribution in [0, 0.1) is 0 Å². The van der Waals surface area contributed by atoms with Crippen molar-refractivity contribution in [1.29, 1.82) is 0 Å². The molecule has 1 aromatic rings. The summed E-state index contributed by atoms with van der Waals surface area (Å²) < 4.78 is 5.17. The number of rotatable bonds is 3. The van der Waals surface area contributed by atoms with E-state index in [2.05, 4.69) is 5.32 Å². The molecule has 1 amide bonds. The van der Waals surface area contributed by atoms with Crippen molar-refractivity contribution in [2.24, 2.45) is 0 Å². The predicted octanol–water partition coefficient (Wildman–Crippen LogP) is 0.947. The van der Waals surface area contributed by atoms with Crippen molar-refractivity contribution in [3.63, 3.8) is 0 Å². The van der Waals surface area contributed by atoms with E-state index in [1.807, 2.05) is 18.2 Å². The van der Waals surface area contributed by atoms with Gasteiger partial charge in [-0.25, -0.2) is 0 Å². The van der Waals surface area contributed by atoms with Crippen molar-refractivity contribution in [1.82, 2.24) is 5.32 Å². The summed E-state index contributed by atoms with van der Waals surface area (Å²) in [5.41, 5.74) is 1.74. The smallest absolute Gasteiger partial charge is 0.246 e. The van der Waals surface area contributed by atoms with Gasteiger partial charge >= 0.3 is 0 Å². The molecule has 0 aliphatic carbocycles.